The van der Waals surface area contributed by atoms with Gasteiger partial charge in [0.25, 0.3) is 0 Å². The summed E-state index contributed by atoms with van der Waals surface area (Å²) < 4.78 is 1.76. The van der Waals surface area contributed by atoms with Crippen molar-refractivity contribution in [3.63, 3.8) is 0 Å². The number of nitrogens with zero attached hydrogens (tertiary/aromatic N) is 2. The molecule has 0 saturated carbocycles. The van der Waals surface area contributed by atoms with Crippen LogP contribution >= 0.6 is 0 Å². The molecule has 1 N–H and O–H groups in total. The highest BCUT2D eigenvalue weighted by Crippen LogP contribution is 2.17. The summed E-state index contributed by atoms with van der Waals surface area (Å²) in [6, 6.07) is 0. The predicted molar refractivity (Wildman–Crippen MR) is 57.8 cm³/mol. The Morgan fingerprint density at radius 3 is 2.60 bits per heavy atom. The van der Waals surface area contributed by atoms with E-state index in [2.05, 4.69) is 18.9 Å². The van der Waals surface area contributed by atoms with Crippen LogP contribution in [-0.4, -0.2) is 20.9 Å². The SMILES string of the molecule is Cc1c(CC(C)C)c(CC(=O)O)nn1C. The van der Waals surface area contributed by atoms with Crippen molar-refractivity contribution in [3.8, 4) is 0 Å². The number of rotatable bonds is 4. The van der Waals surface area contributed by atoms with E-state index in [0.29, 0.717) is 11.6 Å². The van der Waals surface area contributed by atoms with E-state index >= 15 is 0 Å². The molecule has 0 bridgehead atoms. The molecule has 0 atom stereocenters. The van der Waals surface area contributed by atoms with Crippen LogP contribution in [0, 0.1) is 12.8 Å². The normalized spacial score (nSPS) is 11.0. The first kappa shape index (κ1) is 11.8. The molecule has 0 aliphatic carbocycles. The lowest BCUT2D eigenvalue weighted by molar-refractivity contribution is -0.136. The van der Waals surface area contributed by atoms with Crippen molar-refractivity contribution in [2.75, 3.05) is 0 Å². The monoisotopic (exact) mass is 210 g/mol. The molecule has 0 aromatic carbocycles. The van der Waals surface area contributed by atoms with Gasteiger partial charge in [-0.05, 0) is 24.8 Å². The number of aliphatic carboxylic acids is 1. The van der Waals surface area contributed by atoms with Crippen molar-refractivity contribution in [2.45, 2.75) is 33.6 Å². The van der Waals surface area contributed by atoms with Crippen molar-refractivity contribution < 1.29 is 9.90 Å². The topological polar surface area (TPSA) is 55.1 Å². The lowest BCUT2D eigenvalue weighted by Gasteiger charge is -2.05. The summed E-state index contributed by atoms with van der Waals surface area (Å²) in [5, 5.41) is 13.0. The van der Waals surface area contributed by atoms with Gasteiger partial charge in [0.05, 0.1) is 12.1 Å². The molecule has 1 heterocycles. The van der Waals surface area contributed by atoms with Gasteiger partial charge in [0, 0.05) is 12.7 Å². The predicted octanol–water partition coefficient (Wildman–Crippen LogP) is 1.55. The third-order valence-corrected chi connectivity index (χ3v) is 2.47. The molecule has 0 radical (unpaired) electrons. The average Bonchev–Trinajstić information content (AvgIpc) is 2.31. The van der Waals surface area contributed by atoms with E-state index in [1.807, 2.05) is 14.0 Å². The fraction of sp³-hybridized carbons (Fsp3) is 0.636. The molecule has 84 valence electrons. The van der Waals surface area contributed by atoms with Crippen LogP contribution in [0.15, 0.2) is 0 Å². The Bertz CT molecular complexity index is 367. The minimum absolute atomic E-state index is 0.0176. The van der Waals surface area contributed by atoms with Crippen LogP contribution in [0.4, 0.5) is 0 Å². The third kappa shape index (κ3) is 2.81. The van der Waals surface area contributed by atoms with Gasteiger partial charge < -0.3 is 5.11 Å². The lowest BCUT2D eigenvalue weighted by Crippen LogP contribution is -2.05. The summed E-state index contributed by atoms with van der Waals surface area (Å²) in [7, 11) is 1.85. The highest BCUT2D eigenvalue weighted by Gasteiger charge is 2.16. The van der Waals surface area contributed by atoms with E-state index in [-0.39, 0.29) is 6.42 Å². The molecule has 1 rings (SSSR count). The van der Waals surface area contributed by atoms with E-state index in [1.165, 1.54) is 0 Å². The Hall–Kier alpha value is -1.32. The quantitative estimate of drug-likeness (QED) is 0.820. The molecule has 0 amide bonds. The van der Waals surface area contributed by atoms with Crippen LogP contribution in [0.3, 0.4) is 0 Å². The van der Waals surface area contributed by atoms with Gasteiger partial charge >= 0.3 is 5.97 Å². The Morgan fingerprint density at radius 2 is 2.13 bits per heavy atom. The second-order valence-electron chi connectivity index (χ2n) is 4.30. The average molecular weight is 210 g/mol. The standard InChI is InChI=1S/C11H18N2O2/c1-7(2)5-9-8(3)13(4)12-10(9)6-11(14)15/h7H,5-6H2,1-4H3,(H,14,15). The smallest absolute Gasteiger partial charge is 0.309 e. The number of carboxylic acids is 1. The first-order valence-electron chi connectivity index (χ1n) is 5.15. The molecule has 1 aromatic heterocycles. The van der Waals surface area contributed by atoms with Gasteiger partial charge in [-0.3, -0.25) is 9.48 Å². The fourth-order valence-corrected chi connectivity index (χ4v) is 1.68. The van der Waals surface area contributed by atoms with E-state index in [0.717, 1.165) is 17.7 Å². The van der Waals surface area contributed by atoms with Crippen molar-refractivity contribution in [1.29, 1.82) is 0 Å². The summed E-state index contributed by atoms with van der Waals surface area (Å²) >= 11 is 0. The van der Waals surface area contributed by atoms with E-state index in [4.69, 9.17) is 5.11 Å². The highest BCUT2D eigenvalue weighted by atomic mass is 16.4. The minimum atomic E-state index is -0.821. The van der Waals surface area contributed by atoms with Gasteiger partial charge in [0.1, 0.15) is 0 Å². The maximum Gasteiger partial charge on any atom is 0.309 e. The zero-order chi connectivity index (χ0) is 11.6. The molecule has 4 nitrogen and oxygen atoms in total. The van der Waals surface area contributed by atoms with Gasteiger partial charge in [-0.25, -0.2) is 0 Å². The van der Waals surface area contributed by atoms with Crippen molar-refractivity contribution >= 4 is 5.97 Å². The first-order valence-corrected chi connectivity index (χ1v) is 5.15. The summed E-state index contributed by atoms with van der Waals surface area (Å²) in [6.07, 6.45) is 0.909. The van der Waals surface area contributed by atoms with E-state index < -0.39 is 5.97 Å². The van der Waals surface area contributed by atoms with Crippen molar-refractivity contribution in [3.05, 3.63) is 17.0 Å². The second kappa shape index (κ2) is 4.47. The summed E-state index contributed by atoms with van der Waals surface area (Å²) in [5.74, 6) is -0.307. The van der Waals surface area contributed by atoms with Gasteiger partial charge in [0.2, 0.25) is 0 Å². The molecule has 1 aromatic rings. The molecule has 0 saturated heterocycles. The molecule has 15 heavy (non-hydrogen) atoms. The van der Waals surface area contributed by atoms with Gasteiger partial charge in [-0.2, -0.15) is 5.10 Å². The van der Waals surface area contributed by atoms with Crippen LogP contribution in [0.1, 0.15) is 30.8 Å². The van der Waals surface area contributed by atoms with Crippen molar-refractivity contribution in [2.24, 2.45) is 13.0 Å². The molecule has 4 heteroatoms. The molecule has 0 aliphatic heterocycles. The maximum absolute atomic E-state index is 10.7. The maximum atomic E-state index is 10.7. The Morgan fingerprint density at radius 1 is 1.53 bits per heavy atom. The van der Waals surface area contributed by atoms with Crippen LogP contribution < -0.4 is 0 Å². The van der Waals surface area contributed by atoms with E-state index in [1.54, 1.807) is 4.68 Å². The molecular weight excluding hydrogens is 192 g/mol. The van der Waals surface area contributed by atoms with Crippen molar-refractivity contribution in [1.82, 2.24) is 9.78 Å². The summed E-state index contributed by atoms with van der Waals surface area (Å²) in [6.45, 7) is 6.23. The van der Waals surface area contributed by atoms with Gasteiger partial charge in [-0.15, -0.1) is 0 Å². The summed E-state index contributed by atoms with van der Waals surface area (Å²) in [4.78, 5) is 10.7. The molecule has 0 unspecified atom stereocenters. The largest absolute Gasteiger partial charge is 0.481 e. The molecule has 0 fully saturated rings. The number of carboxylic acid groups (broad SMARTS) is 1. The molecular formula is C11H18N2O2. The zero-order valence-electron chi connectivity index (χ0n) is 9.74. The Kier molecular flexibility index (Phi) is 3.50. The van der Waals surface area contributed by atoms with Crippen LogP contribution in [0.5, 0.6) is 0 Å². The minimum Gasteiger partial charge on any atom is -0.481 e. The molecule has 0 spiro atoms. The van der Waals surface area contributed by atoms with Crippen LogP contribution in [0.25, 0.3) is 0 Å². The number of carbonyl (C=O) groups is 1. The highest BCUT2D eigenvalue weighted by molar-refractivity contribution is 5.70. The Balaban J connectivity index is 3.03. The Labute approximate surface area is 89.9 Å². The lowest BCUT2D eigenvalue weighted by atomic mass is 10.00. The van der Waals surface area contributed by atoms with Crippen LogP contribution in [-0.2, 0) is 24.7 Å². The zero-order valence-corrected chi connectivity index (χ0v) is 9.74. The van der Waals surface area contributed by atoms with Gasteiger partial charge in [0.15, 0.2) is 0 Å². The third-order valence-electron chi connectivity index (χ3n) is 2.47. The number of aryl methyl sites for hydroxylation is 1. The summed E-state index contributed by atoms with van der Waals surface area (Å²) in [5.41, 5.74) is 2.87. The number of hydrogen-bond acceptors (Lipinski definition) is 2. The van der Waals surface area contributed by atoms with Crippen LogP contribution in [0.2, 0.25) is 0 Å². The van der Waals surface area contributed by atoms with E-state index in [9.17, 15) is 4.79 Å². The first-order chi connectivity index (χ1) is 6.91. The second-order valence-corrected chi connectivity index (χ2v) is 4.30. The molecule has 0 aliphatic rings. The number of hydrogen-bond donors (Lipinski definition) is 1. The fourth-order valence-electron chi connectivity index (χ4n) is 1.68. The van der Waals surface area contributed by atoms with Gasteiger partial charge in [-0.1, -0.05) is 13.8 Å². The number of aromatic nitrogens is 2.